The van der Waals surface area contributed by atoms with Crippen LogP contribution in [0.3, 0.4) is 0 Å². The van der Waals surface area contributed by atoms with Crippen LogP contribution in [0.4, 0.5) is 5.69 Å². The Morgan fingerprint density at radius 2 is 2.47 bits per heavy atom. The van der Waals surface area contributed by atoms with Gasteiger partial charge in [0.25, 0.3) is 0 Å². The minimum absolute atomic E-state index is 0.217. The number of hydrogen-bond donors (Lipinski definition) is 2. The summed E-state index contributed by atoms with van der Waals surface area (Å²) in [6.45, 7) is 3.39. The lowest BCUT2D eigenvalue weighted by Crippen LogP contribution is -2.43. The Morgan fingerprint density at radius 1 is 1.65 bits per heavy atom. The number of nitrogens with zero attached hydrogens (tertiary/aromatic N) is 1. The van der Waals surface area contributed by atoms with Crippen molar-refractivity contribution >= 4 is 11.7 Å². The average molecular weight is 236 g/mol. The van der Waals surface area contributed by atoms with Gasteiger partial charge in [-0.05, 0) is 25.8 Å². The van der Waals surface area contributed by atoms with E-state index in [-0.39, 0.29) is 11.1 Å². The topological polar surface area (TPSA) is 71.5 Å². The molecule has 2 rings (SSSR count). The highest BCUT2D eigenvalue weighted by molar-refractivity contribution is 5.93. The van der Waals surface area contributed by atoms with Gasteiger partial charge in [-0.1, -0.05) is 0 Å². The summed E-state index contributed by atoms with van der Waals surface area (Å²) in [6, 6.07) is 1.50. The van der Waals surface area contributed by atoms with Crippen molar-refractivity contribution in [2.75, 3.05) is 18.5 Å². The minimum Gasteiger partial charge on any atom is -0.478 e. The molecule has 1 saturated heterocycles. The van der Waals surface area contributed by atoms with Gasteiger partial charge >= 0.3 is 5.97 Å². The van der Waals surface area contributed by atoms with Gasteiger partial charge in [0, 0.05) is 12.8 Å². The number of ether oxygens (including phenoxy) is 1. The average Bonchev–Trinajstić information content (AvgIpc) is 2.29. The number of nitrogens with one attached hydrogen (secondary N) is 1. The van der Waals surface area contributed by atoms with Gasteiger partial charge in [0.2, 0.25) is 0 Å². The van der Waals surface area contributed by atoms with Gasteiger partial charge in [-0.25, -0.2) is 4.79 Å². The molecule has 5 nitrogen and oxygen atoms in total. The Bertz CT molecular complexity index is 414. The molecule has 1 fully saturated rings. The predicted octanol–water partition coefficient (Wildman–Crippen LogP) is 1.76. The molecule has 0 aliphatic carbocycles. The smallest absolute Gasteiger partial charge is 0.337 e. The van der Waals surface area contributed by atoms with E-state index in [0.29, 0.717) is 12.3 Å². The minimum atomic E-state index is -0.949. The molecule has 17 heavy (non-hydrogen) atoms. The normalized spacial score (nSPS) is 24.3. The third-order valence-corrected chi connectivity index (χ3v) is 2.93. The first-order valence-corrected chi connectivity index (χ1v) is 5.64. The highest BCUT2D eigenvalue weighted by atomic mass is 16.5. The molecule has 1 aliphatic rings. The molecule has 1 aromatic rings. The molecule has 1 aromatic heterocycles. The summed E-state index contributed by atoms with van der Waals surface area (Å²) in [4.78, 5) is 15.0. The molecule has 0 aromatic carbocycles. The van der Waals surface area contributed by atoms with Crippen molar-refractivity contribution < 1.29 is 14.6 Å². The molecule has 0 amide bonds. The van der Waals surface area contributed by atoms with Crippen molar-refractivity contribution in [1.82, 2.24) is 4.98 Å². The number of aromatic nitrogens is 1. The van der Waals surface area contributed by atoms with Crippen molar-refractivity contribution in [2.45, 2.75) is 25.3 Å². The lowest BCUT2D eigenvalue weighted by molar-refractivity contribution is 0.0538. The first-order valence-electron chi connectivity index (χ1n) is 5.64. The molecule has 1 aliphatic heterocycles. The summed E-state index contributed by atoms with van der Waals surface area (Å²) in [7, 11) is 0. The molecule has 1 atom stereocenters. The van der Waals surface area contributed by atoms with Crippen molar-refractivity contribution in [2.24, 2.45) is 0 Å². The van der Waals surface area contributed by atoms with Gasteiger partial charge < -0.3 is 15.2 Å². The second kappa shape index (κ2) is 4.71. The van der Waals surface area contributed by atoms with Gasteiger partial charge in [-0.2, -0.15) is 0 Å². The largest absolute Gasteiger partial charge is 0.478 e. The van der Waals surface area contributed by atoms with Crippen LogP contribution in [-0.4, -0.2) is 34.8 Å². The Balaban J connectivity index is 2.20. The standard InChI is InChI=1S/C12H16N2O3/c1-12(4-2-6-17-8-12)14-10-7-13-5-3-9(10)11(15)16/h3,5,7,14H,2,4,6,8H2,1H3,(H,15,16). The van der Waals surface area contributed by atoms with E-state index in [0.717, 1.165) is 19.4 Å². The van der Waals surface area contributed by atoms with Gasteiger partial charge in [-0.3, -0.25) is 4.98 Å². The quantitative estimate of drug-likeness (QED) is 0.836. The van der Waals surface area contributed by atoms with Crippen LogP contribution in [0.1, 0.15) is 30.1 Å². The summed E-state index contributed by atoms with van der Waals surface area (Å²) < 4.78 is 5.43. The number of carboxylic acids is 1. The van der Waals surface area contributed by atoms with Crippen LogP contribution in [0.5, 0.6) is 0 Å². The maximum atomic E-state index is 11.1. The zero-order valence-electron chi connectivity index (χ0n) is 9.77. The van der Waals surface area contributed by atoms with E-state index in [1.165, 1.54) is 12.3 Å². The molecular formula is C12H16N2O3. The Morgan fingerprint density at radius 3 is 3.12 bits per heavy atom. The summed E-state index contributed by atoms with van der Waals surface area (Å²) in [5.74, 6) is -0.949. The summed E-state index contributed by atoms with van der Waals surface area (Å²) in [6.07, 6.45) is 4.96. The van der Waals surface area contributed by atoms with E-state index >= 15 is 0 Å². The van der Waals surface area contributed by atoms with E-state index in [9.17, 15) is 4.79 Å². The molecular weight excluding hydrogens is 220 g/mol. The van der Waals surface area contributed by atoms with E-state index in [2.05, 4.69) is 10.3 Å². The van der Waals surface area contributed by atoms with Crippen LogP contribution >= 0.6 is 0 Å². The Hall–Kier alpha value is -1.62. The summed E-state index contributed by atoms with van der Waals surface area (Å²) in [5.41, 5.74) is 0.575. The van der Waals surface area contributed by atoms with Crippen LogP contribution in [-0.2, 0) is 4.74 Å². The fourth-order valence-corrected chi connectivity index (χ4v) is 2.04. The zero-order valence-corrected chi connectivity index (χ0v) is 9.77. The van der Waals surface area contributed by atoms with Crippen molar-refractivity contribution in [1.29, 1.82) is 0 Å². The third kappa shape index (κ3) is 2.74. The first-order chi connectivity index (χ1) is 8.11. The van der Waals surface area contributed by atoms with Crippen LogP contribution in [0, 0.1) is 0 Å². The SMILES string of the molecule is CC1(Nc2cnccc2C(=O)O)CCCOC1. The molecule has 0 radical (unpaired) electrons. The van der Waals surface area contributed by atoms with Crippen LogP contribution in [0.15, 0.2) is 18.5 Å². The molecule has 92 valence electrons. The van der Waals surface area contributed by atoms with Crippen LogP contribution in [0.2, 0.25) is 0 Å². The zero-order chi connectivity index (χ0) is 12.3. The fourth-order valence-electron chi connectivity index (χ4n) is 2.04. The van der Waals surface area contributed by atoms with Gasteiger partial charge in [0.05, 0.1) is 29.6 Å². The van der Waals surface area contributed by atoms with E-state index < -0.39 is 5.97 Å². The van der Waals surface area contributed by atoms with Crippen LogP contribution in [0.25, 0.3) is 0 Å². The Kier molecular flexibility index (Phi) is 3.28. The molecule has 0 spiro atoms. The number of aromatic carboxylic acids is 1. The number of anilines is 1. The molecule has 1 unspecified atom stereocenters. The van der Waals surface area contributed by atoms with E-state index in [1.54, 1.807) is 6.20 Å². The molecule has 2 N–H and O–H groups in total. The van der Waals surface area contributed by atoms with E-state index in [1.807, 2.05) is 6.92 Å². The maximum absolute atomic E-state index is 11.1. The molecule has 0 bridgehead atoms. The lowest BCUT2D eigenvalue weighted by atomic mass is 9.94. The second-order valence-electron chi connectivity index (χ2n) is 4.57. The number of hydrogen-bond acceptors (Lipinski definition) is 4. The third-order valence-electron chi connectivity index (χ3n) is 2.93. The van der Waals surface area contributed by atoms with Gasteiger partial charge in [-0.15, -0.1) is 0 Å². The monoisotopic (exact) mass is 236 g/mol. The van der Waals surface area contributed by atoms with Crippen LogP contribution < -0.4 is 5.32 Å². The first kappa shape index (κ1) is 11.9. The summed E-state index contributed by atoms with van der Waals surface area (Å²) >= 11 is 0. The summed E-state index contributed by atoms with van der Waals surface area (Å²) in [5, 5.41) is 12.3. The van der Waals surface area contributed by atoms with Gasteiger partial charge in [0.15, 0.2) is 0 Å². The molecule has 2 heterocycles. The molecule has 0 saturated carbocycles. The lowest BCUT2D eigenvalue weighted by Gasteiger charge is -2.35. The van der Waals surface area contributed by atoms with Crippen molar-refractivity contribution in [3.63, 3.8) is 0 Å². The molecule has 5 heteroatoms. The second-order valence-corrected chi connectivity index (χ2v) is 4.57. The Labute approximate surface area is 99.8 Å². The highest BCUT2D eigenvalue weighted by Gasteiger charge is 2.28. The van der Waals surface area contributed by atoms with Crippen molar-refractivity contribution in [3.05, 3.63) is 24.0 Å². The number of carboxylic acid groups (broad SMARTS) is 1. The highest BCUT2D eigenvalue weighted by Crippen LogP contribution is 2.25. The van der Waals surface area contributed by atoms with Crippen molar-refractivity contribution in [3.8, 4) is 0 Å². The number of pyridine rings is 1. The van der Waals surface area contributed by atoms with E-state index in [4.69, 9.17) is 9.84 Å². The van der Waals surface area contributed by atoms with Gasteiger partial charge in [0.1, 0.15) is 0 Å². The number of rotatable bonds is 3. The number of carbonyl (C=O) groups is 1. The fraction of sp³-hybridized carbons (Fsp3) is 0.500. The predicted molar refractivity (Wildman–Crippen MR) is 63.3 cm³/mol. The maximum Gasteiger partial charge on any atom is 0.337 e.